The fourth-order valence-electron chi connectivity index (χ4n) is 3.21. The Morgan fingerprint density at radius 3 is 2.39 bits per heavy atom. The van der Waals surface area contributed by atoms with Crippen LogP contribution in [-0.4, -0.2) is 57.6 Å². The number of hydrogen-bond acceptors (Lipinski definition) is 4. The largest absolute Gasteiger partial charge is 0.335 e. The van der Waals surface area contributed by atoms with Crippen molar-refractivity contribution in [3.05, 3.63) is 75.2 Å². The fraction of sp³-hybridized carbons (Fsp3) is 0.250. The van der Waals surface area contributed by atoms with Crippen LogP contribution in [0.5, 0.6) is 0 Å². The van der Waals surface area contributed by atoms with E-state index in [0.717, 1.165) is 10.4 Å². The Labute approximate surface area is 171 Å². The first-order valence-electron chi connectivity index (χ1n) is 9.00. The van der Waals surface area contributed by atoms with Crippen LogP contribution in [0.15, 0.2) is 54.2 Å². The summed E-state index contributed by atoms with van der Waals surface area (Å²) in [6.07, 6.45) is 3.33. The third-order valence-corrected chi connectivity index (χ3v) is 5.98. The van der Waals surface area contributed by atoms with Crippen molar-refractivity contribution in [3.63, 3.8) is 0 Å². The van der Waals surface area contributed by atoms with Gasteiger partial charge in [0, 0.05) is 37.4 Å². The monoisotopic (exact) mass is 414 g/mol. The van der Waals surface area contributed by atoms with Gasteiger partial charge in [0.2, 0.25) is 0 Å². The van der Waals surface area contributed by atoms with Gasteiger partial charge in [0.1, 0.15) is 0 Å². The number of rotatable bonds is 4. The van der Waals surface area contributed by atoms with E-state index in [-0.39, 0.29) is 11.8 Å². The zero-order valence-electron chi connectivity index (χ0n) is 15.1. The van der Waals surface area contributed by atoms with Gasteiger partial charge in [0.25, 0.3) is 11.8 Å². The van der Waals surface area contributed by atoms with Gasteiger partial charge in [-0.3, -0.25) is 14.3 Å². The number of benzene rings is 1. The molecule has 144 valence electrons. The second-order valence-corrected chi connectivity index (χ2v) is 7.93. The van der Waals surface area contributed by atoms with Crippen molar-refractivity contribution in [1.29, 1.82) is 0 Å². The number of aromatic nitrogens is 2. The number of hydrogen-bond donors (Lipinski definition) is 0. The summed E-state index contributed by atoms with van der Waals surface area (Å²) in [6, 6.07) is 11.3. The fourth-order valence-corrected chi connectivity index (χ4v) is 4.10. The maximum Gasteiger partial charge on any atom is 0.264 e. The van der Waals surface area contributed by atoms with Crippen molar-refractivity contribution < 1.29 is 9.59 Å². The third kappa shape index (κ3) is 3.95. The lowest BCUT2D eigenvalue weighted by molar-refractivity contribution is 0.0538. The first-order valence-corrected chi connectivity index (χ1v) is 10.3. The molecule has 2 amide bonds. The highest BCUT2D eigenvalue weighted by atomic mass is 35.5. The van der Waals surface area contributed by atoms with E-state index in [1.807, 2.05) is 41.8 Å². The second kappa shape index (κ2) is 8.16. The Balaban J connectivity index is 1.36. The lowest BCUT2D eigenvalue weighted by Crippen LogP contribution is -2.50. The minimum atomic E-state index is -0.0615. The van der Waals surface area contributed by atoms with Crippen molar-refractivity contribution >= 4 is 34.8 Å². The minimum absolute atomic E-state index is 0.0367. The summed E-state index contributed by atoms with van der Waals surface area (Å²) in [5, 5.41) is 6.87. The summed E-state index contributed by atoms with van der Waals surface area (Å²) in [6.45, 7) is 2.62. The summed E-state index contributed by atoms with van der Waals surface area (Å²) in [5.74, 6) is -0.0247. The van der Waals surface area contributed by atoms with Crippen LogP contribution < -0.4 is 0 Å². The summed E-state index contributed by atoms with van der Waals surface area (Å²) in [5.41, 5.74) is 1.50. The van der Waals surface area contributed by atoms with E-state index in [2.05, 4.69) is 5.10 Å². The van der Waals surface area contributed by atoms with Crippen LogP contribution in [0.1, 0.15) is 25.6 Å². The molecular formula is C20H19ClN4O2S. The summed E-state index contributed by atoms with van der Waals surface area (Å²) in [7, 11) is 0. The highest BCUT2D eigenvalue weighted by molar-refractivity contribution is 7.12. The highest BCUT2D eigenvalue weighted by Crippen LogP contribution is 2.17. The highest BCUT2D eigenvalue weighted by Gasteiger charge is 2.26. The van der Waals surface area contributed by atoms with Crippen LogP contribution in [0.2, 0.25) is 5.02 Å². The van der Waals surface area contributed by atoms with Crippen LogP contribution in [0, 0.1) is 0 Å². The molecule has 8 heteroatoms. The molecule has 3 aromatic rings. The van der Waals surface area contributed by atoms with Crippen molar-refractivity contribution in [1.82, 2.24) is 19.6 Å². The molecule has 0 spiro atoms. The van der Waals surface area contributed by atoms with E-state index in [1.54, 1.807) is 26.9 Å². The number of carbonyl (C=O) groups excluding carboxylic acids is 2. The Bertz CT molecular complexity index is 978. The number of thiophene rings is 1. The topological polar surface area (TPSA) is 58.4 Å². The van der Waals surface area contributed by atoms with E-state index in [1.165, 1.54) is 11.3 Å². The number of halogens is 1. The molecule has 1 fully saturated rings. The first kappa shape index (κ1) is 18.7. The standard InChI is InChI=1S/C20H19ClN4O2S/c21-17-5-2-1-4-15(17)13-25-14-16(12-22-25)19(26)23-7-9-24(10-8-23)20(27)18-6-3-11-28-18/h1-6,11-12,14H,7-10,13H2. The SMILES string of the molecule is O=C(c1cnn(Cc2ccccc2Cl)c1)N1CCN(C(=O)c2cccs2)CC1. The zero-order chi connectivity index (χ0) is 19.5. The van der Waals surface area contributed by atoms with Gasteiger partial charge in [-0.1, -0.05) is 35.9 Å². The molecule has 0 N–H and O–H groups in total. The van der Waals surface area contributed by atoms with Crippen molar-refractivity contribution in [2.24, 2.45) is 0 Å². The summed E-state index contributed by atoms with van der Waals surface area (Å²) < 4.78 is 1.71. The predicted molar refractivity (Wildman–Crippen MR) is 109 cm³/mol. The number of carbonyl (C=O) groups is 2. The molecule has 0 unspecified atom stereocenters. The molecule has 1 saturated heterocycles. The van der Waals surface area contributed by atoms with Crippen molar-refractivity contribution in [2.45, 2.75) is 6.54 Å². The molecule has 0 radical (unpaired) electrons. The van der Waals surface area contributed by atoms with Gasteiger partial charge < -0.3 is 9.80 Å². The molecule has 0 atom stereocenters. The zero-order valence-corrected chi connectivity index (χ0v) is 16.7. The summed E-state index contributed by atoms with van der Waals surface area (Å²) in [4.78, 5) is 29.5. The quantitative estimate of drug-likeness (QED) is 0.658. The lowest BCUT2D eigenvalue weighted by atomic mass is 10.2. The molecule has 3 heterocycles. The molecule has 4 rings (SSSR count). The van der Waals surface area contributed by atoms with Crippen LogP contribution in [0.3, 0.4) is 0 Å². The van der Waals surface area contributed by atoms with Gasteiger partial charge in [-0.05, 0) is 23.1 Å². The molecule has 0 saturated carbocycles. The van der Waals surface area contributed by atoms with Gasteiger partial charge in [-0.25, -0.2) is 0 Å². The maximum absolute atomic E-state index is 12.8. The average Bonchev–Trinajstić information content (AvgIpc) is 3.41. The van der Waals surface area contributed by atoms with E-state index >= 15 is 0 Å². The van der Waals surface area contributed by atoms with Gasteiger partial charge in [-0.15, -0.1) is 11.3 Å². The minimum Gasteiger partial charge on any atom is -0.335 e. The molecule has 0 bridgehead atoms. The lowest BCUT2D eigenvalue weighted by Gasteiger charge is -2.34. The van der Waals surface area contributed by atoms with Gasteiger partial charge in [-0.2, -0.15) is 5.10 Å². The van der Waals surface area contributed by atoms with Crippen LogP contribution in [0.4, 0.5) is 0 Å². The summed E-state index contributed by atoms with van der Waals surface area (Å²) >= 11 is 7.63. The normalized spacial score (nSPS) is 14.3. The van der Waals surface area contributed by atoms with Crippen LogP contribution in [0.25, 0.3) is 0 Å². The smallest absolute Gasteiger partial charge is 0.264 e. The Morgan fingerprint density at radius 2 is 1.71 bits per heavy atom. The van der Waals surface area contributed by atoms with Gasteiger partial charge in [0.05, 0.1) is 23.2 Å². The molecule has 1 aliphatic rings. The molecule has 1 aliphatic heterocycles. The predicted octanol–water partition coefficient (Wildman–Crippen LogP) is 3.24. The molecule has 6 nitrogen and oxygen atoms in total. The van der Waals surface area contributed by atoms with E-state index < -0.39 is 0 Å². The number of amides is 2. The second-order valence-electron chi connectivity index (χ2n) is 6.58. The van der Waals surface area contributed by atoms with E-state index in [4.69, 9.17) is 11.6 Å². The molecule has 0 aliphatic carbocycles. The van der Waals surface area contributed by atoms with Crippen molar-refractivity contribution in [3.8, 4) is 0 Å². The molecule has 2 aromatic heterocycles. The van der Waals surface area contributed by atoms with Gasteiger partial charge in [0.15, 0.2) is 0 Å². The van der Waals surface area contributed by atoms with Crippen LogP contribution >= 0.6 is 22.9 Å². The average molecular weight is 415 g/mol. The van der Waals surface area contributed by atoms with Crippen LogP contribution in [-0.2, 0) is 6.54 Å². The van der Waals surface area contributed by atoms with E-state index in [9.17, 15) is 9.59 Å². The Kier molecular flexibility index (Phi) is 5.45. The first-order chi connectivity index (χ1) is 13.6. The molecule has 1 aromatic carbocycles. The maximum atomic E-state index is 12.8. The van der Waals surface area contributed by atoms with E-state index in [0.29, 0.717) is 43.3 Å². The molecule has 28 heavy (non-hydrogen) atoms. The van der Waals surface area contributed by atoms with Gasteiger partial charge >= 0.3 is 0 Å². The van der Waals surface area contributed by atoms with Crippen molar-refractivity contribution in [2.75, 3.05) is 26.2 Å². The third-order valence-electron chi connectivity index (χ3n) is 4.76. The molecular weight excluding hydrogens is 396 g/mol. The Morgan fingerprint density at radius 1 is 1.00 bits per heavy atom. The number of piperazine rings is 1. The Hall–Kier alpha value is -2.64. The number of nitrogens with zero attached hydrogens (tertiary/aromatic N) is 4.